The summed E-state index contributed by atoms with van der Waals surface area (Å²) in [5.41, 5.74) is 2.78. The van der Waals surface area contributed by atoms with Crippen molar-refractivity contribution in [3.8, 4) is 0 Å². The summed E-state index contributed by atoms with van der Waals surface area (Å²) in [5.74, 6) is 1.77. The van der Waals surface area contributed by atoms with Crippen molar-refractivity contribution in [2.45, 2.75) is 38.1 Å². The van der Waals surface area contributed by atoms with Crippen molar-refractivity contribution in [1.82, 2.24) is 15.5 Å². The standard InChI is InChI=1S/C15H19N3O/c1-10(16-2)15-17-14(18-19-15)13-9-5-7-11-6-3-4-8-12(11)13/h3-4,6,8,10,13,16H,5,7,9H2,1-2H3. The number of aromatic nitrogens is 2. The molecule has 1 aliphatic carbocycles. The Balaban J connectivity index is 1.93. The highest BCUT2D eigenvalue weighted by Crippen LogP contribution is 2.35. The molecule has 1 aromatic carbocycles. The lowest BCUT2D eigenvalue weighted by atomic mass is 9.82. The van der Waals surface area contributed by atoms with Crippen molar-refractivity contribution in [3.05, 3.63) is 47.1 Å². The summed E-state index contributed by atoms with van der Waals surface area (Å²) < 4.78 is 5.36. The van der Waals surface area contributed by atoms with Crippen LogP contribution in [-0.4, -0.2) is 17.2 Å². The molecule has 1 aliphatic rings. The molecule has 2 unspecified atom stereocenters. The van der Waals surface area contributed by atoms with Crippen LogP contribution in [0.5, 0.6) is 0 Å². The third kappa shape index (κ3) is 2.28. The van der Waals surface area contributed by atoms with Crippen molar-refractivity contribution in [1.29, 1.82) is 0 Å². The lowest BCUT2D eigenvalue weighted by Gasteiger charge is -2.22. The Kier molecular flexibility index (Phi) is 3.34. The van der Waals surface area contributed by atoms with Gasteiger partial charge in [-0.05, 0) is 44.4 Å². The number of nitrogens with one attached hydrogen (secondary N) is 1. The van der Waals surface area contributed by atoms with Gasteiger partial charge in [-0.2, -0.15) is 4.98 Å². The van der Waals surface area contributed by atoms with E-state index in [9.17, 15) is 0 Å². The third-order valence-corrected chi connectivity index (χ3v) is 3.94. The van der Waals surface area contributed by atoms with Crippen LogP contribution < -0.4 is 5.32 Å². The van der Waals surface area contributed by atoms with E-state index in [1.165, 1.54) is 17.5 Å². The molecule has 0 saturated carbocycles. The van der Waals surface area contributed by atoms with Crippen LogP contribution in [0.1, 0.15) is 54.6 Å². The molecule has 4 nitrogen and oxygen atoms in total. The van der Waals surface area contributed by atoms with E-state index in [1.807, 2.05) is 14.0 Å². The fourth-order valence-electron chi connectivity index (χ4n) is 2.71. The van der Waals surface area contributed by atoms with Gasteiger partial charge >= 0.3 is 0 Å². The molecule has 0 saturated heterocycles. The predicted molar refractivity (Wildman–Crippen MR) is 73.0 cm³/mol. The average molecular weight is 257 g/mol. The van der Waals surface area contributed by atoms with Gasteiger partial charge in [0.15, 0.2) is 5.82 Å². The third-order valence-electron chi connectivity index (χ3n) is 3.94. The Morgan fingerprint density at radius 1 is 1.37 bits per heavy atom. The molecule has 1 aromatic heterocycles. The van der Waals surface area contributed by atoms with Gasteiger partial charge in [0.25, 0.3) is 0 Å². The van der Waals surface area contributed by atoms with Gasteiger partial charge in [0.1, 0.15) is 0 Å². The number of nitrogens with zero attached hydrogens (tertiary/aromatic N) is 2. The van der Waals surface area contributed by atoms with Gasteiger partial charge in [0, 0.05) is 5.92 Å². The van der Waals surface area contributed by atoms with Crippen LogP contribution in [-0.2, 0) is 6.42 Å². The van der Waals surface area contributed by atoms with Gasteiger partial charge in [-0.25, -0.2) is 0 Å². The van der Waals surface area contributed by atoms with Gasteiger partial charge in [-0.1, -0.05) is 29.4 Å². The number of hydrogen-bond acceptors (Lipinski definition) is 4. The molecule has 100 valence electrons. The Morgan fingerprint density at radius 2 is 2.21 bits per heavy atom. The smallest absolute Gasteiger partial charge is 0.243 e. The maximum absolute atomic E-state index is 5.36. The SMILES string of the molecule is CNC(C)c1nc(C2CCCc3ccccc32)no1. The maximum Gasteiger partial charge on any atom is 0.243 e. The Morgan fingerprint density at radius 3 is 3.05 bits per heavy atom. The first kappa shape index (κ1) is 12.4. The van der Waals surface area contributed by atoms with E-state index >= 15 is 0 Å². The molecule has 4 heteroatoms. The molecular weight excluding hydrogens is 238 g/mol. The van der Waals surface area contributed by atoms with E-state index in [0.29, 0.717) is 5.89 Å². The molecule has 19 heavy (non-hydrogen) atoms. The highest BCUT2D eigenvalue weighted by molar-refractivity contribution is 5.36. The summed E-state index contributed by atoms with van der Waals surface area (Å²) in [4.78, 5) is 4.56. The topological polar surface area (TPSA) is 51.0 Å². The number of fused-ring (bicyclic) bond motifs is 1. The largest absolute Gasteiger partial charge is 0.338 e. The van der Waals surface area contributed by atoms with Crippen LogP contribution in [0.15, 0.2) is 28.8 Å². The van der Waals surface area contributed by atoms with E-state index in [4.69, 9.17) is 4.52 Å². The molecule has 2 aromatic rings. The zero-order valence-corrected chi connectivity index (χ0v) is 11.4. The number of aryl methyl sites for hydroxylation is 1. The normalized spacial score (nSPS) is 20.0. The van der Waals surface area contributed by atoms with Crippen LogP contribution in [0.25, 0.3) is 0 Å². The lowest BCUT2D eigenvalue weighted by molar-refractivity contribution is 0.341. The summed E-state index contributed by atoms with van der Waals surface area (Å²) in [6.45, 7) is 2.02. The van der Waals surface area contributed by atoms with E-state index in [2.05, 4.69) is 39.7 Å². The van der Waals surface area contributed by atoms with E-state index in [1.54, 1.807) is 0 Å². The van der Waals surface area contributed by atoms with Crippen molar-refractivity contribution in [3.63, 3.8) is 0 Å². The molecule has 0 amide bonds. The number of benzene rings is 1. The number of rotatable bonds is 3. The average Bonchev–Trinajstić information content (AvgIpc) is 2.95. The first-order chi connectivity index (χ1) is 9.29. The van der Waals surface area contributed by atoms with E-state index in [-0.39, 0.29) is 12.0 Å². The van der Waals surface area contributed by atoms with Crippen molar-refractivity contribution in [2.24, 2.45) is 0 Å². The first-order valence-electron chi connectivity index (χ1n) is 6.88. The zero-order chi connectivity index (χ0) is 13.2. The summed E-state index contributed by atoms with van der Waals surface area (Å²) in [7, 11) is 1.89. The Labute approximate surface area is 113 Å². The van der Waals surface area contributed by atoms with Crippen molar-refractivity contribution < 1.29 is 4.52 Å². The van der Waals surface area contributed by atoms with E-state index < -0.39 is 0 Å². The Bertz CT molecular complexity index is 564. The van der Waals surface area contributed by atoms with Gasteiger partial charge in [0.2, 0.25) is 5.89 Å². The Hall–Kier alpha value is -1.68. The minimum absolute atomic E-state index is 0.0973. The van der Waals surface area contributed by atoms with Gasteiger partial charge in [-0.3, -0.25) is 0 Å². The second kappa shape index (κ2) is 5.13. The highest BCUT2D eigenvalue weighted by atomic mass is 16.5. The monoisotopic (exact) mass is 257 g/mol. The lowest BCUT2D eigenvalue weighted by Crippen LogP contribution is -2.14. The summed E-state index contributed by atoms with van der Waals surface area (Å²) >= 11 is 0. The zero-order valence-electron chi connectivity index (χ0n) is 11.4. The highest BCUT2D eigenvalue weighted by Gasteiger charge is 2.26. The van der Waals surface area contributed by atoms with Crippen molar-refractivity contribution in [2.75, 3.05) is 7.05 Å². The quantitative estimate of drug-likeness (QED) is 0.918. The molecule has 0 fully saturated rings. The summed E-state index contributed by atoms with van der Waals surface area (Å²) in [6.07, 6.45) is 3.45. The molecule has 2 atom stereocenters. The molecule has 0 aliphatic heterocycles. The van der Waals surface area contributed by atoms with Crippen LogP contribution in [0.3, 0.4) is 0 Å². The minimum Gasteiger partial charge on any atom is -0.338 e. The van der Waals surface area contributed by atoms with Gasteiger partial charge < -0.3 is 9.84 Å². The van der Waals surface area contributed by atoms with Crippen LogP contribution in [0.2, 0.25) is 0 Å². The van der Waals surface area contributed by atoms with Crippen LogP contribution >= 0.6 is 0 Å². The van der Waals surface area contributed by atoms with Crippen molar-refractivity contribution >= 4 is 0 Å². The number of hydrogen-bond donors (Lipinski definition) is 1. The molecular formula is C15H19N3O. The van der Waals surface area contributed by atoms with Gasteiger partial charge in [-0.15, -0.1) is 0 Å². The maximum atomic E-state index is 5.36. The fourth-order valence-corrected chi connectivity index (χ4v) is 2.71. The van der Waals surface area contributed by atoms with Crippen LogP contribution in [0, 0.1) is 0 Å². The van der Waals surface area contributed by atoms with E-state index in [0.717, 1.165) is 18.7 Å². The molecule has 1 heterocycles. The molecule has 1 N–H and O–H groups in total. The minimum atomic E-state index is 0.0973. The molecule has 0 bridgehead atoms. The predicted octanol–water partition coefficient (Wildman–Crippen LogP) is 2.82. The summed E-state index contributed by atoms with van der Waals surface area (Å²) in [5, 5.41) is 7.30. The van der Waals surface area contributed by atoms with Gasteiger partial charge in [0.05, 0.1) is 6.04 Å². The molecule has 0 spiro atoms. The molecule has 3 rings (SSSR count). The second-order valence-corrected chi connectivity index (χ2v) is 5.14. The first-order valence-corrected chi connectivity index (χ1v) is 6.88. The second-order valence-electron chi connectivity index (χ2n) is 5.14. The fraction of sp³-hybridized carbons (Fsp3) is 0.467. The summed E-state index contributed by atoms with van der Waals surface area (Å²) in [6, 6.07) is 8.69. The van der Waals surface area contributed by atoms with Crippen LogP contribution in [0.4, 0.5) is 0 Å². The molecule has 0 radical (unpaired) electrons.